The number of rotatable bonds is 8. The first-order valence-corrected chi connectivity index (χ1v) is 7.65. The molecule has 0 saturated carbocycles. The highest BCUT2D eigenvalue weighted by molar-refractivity contribution is 5.19. The van der Waals surface area contributed by atoms with Crippen LogP contribution in [0.3, 0.4) is 0 Å². The minimum absolute atomic E-state index is 0.383. The van der Waals surface area contributed by atoms with Crippen LogP contribution in [0.5, 0.6) is 0 Å². The van der Waals surface area contributed by atoms with Gasteiger partial charge in [0.15, 0.2) is 0 Å². The van der Waals surface area contributed by atoms with Crippen LogP contribution in [0.2, 0.25) is 0 Å². The molecule has 0 bridgehead atoms. The van der Waals surface area contributed by atoms with Gasteiger partial charge in [-0.3, -0.25) is 4.68 Å². The van der Waals surface area contributed by atoms with Crippen molar-refractivity contribution in [3.63, 3.8) is 0 Å². The lowest BCUT2D eigenvalue weighted by Crippen LogP contribution is -2.31. The monoisotopic (exact) mass is 286 g/mol. The fourth-order valence-electron chi connectivity index (χ4n) is 2.53. The van der Waals surface area contributed by atoms with Gasteiger partial charge < -0.3 is 10.2 Å². The Balaban J connectivity index is 1.92. The van der Waals surface area contributed by atoms with E-state index in [4.69, 9.17) is 0 Å². The van der Waals surface area contributed by atoms with Crippen LogP contribution in [0.4, 0.5) is 0 Å². The summed E-state index contributed by atoms with van der Waals surface area (Å²) >= 11 is 0. The molecule has 0 saturated heterocycles. The minimum Gasteiger partial charge on any atom is -0.309 e. The maximum Gasteiger partial charge on any atom is 0.0522 e. The zero-order valence-corrected chi connectivity index (χ0v) is 13.3. The molecular formula is C17H26N4. The molecule has 0 fully saturated rings. The van der Waals surface area contributed by atoms with E-state index < -0.39 is 0 Å². The first-order chi connectivity index (χ1) is 10.2. The van der Waals surface area contributed by atoms with Crippen molar-refractivity contribution in [3.8, 4) is 0 Å². The molecule has 114 valence electrons. The molecular weight excluding hydrogens is 260 g/mol. The number of benzene rings is 1. The quantitative estimate of drug-likeness (QED) is 0.810. The van der Waals surface area contributed by atoms with Crippen molar-refractivity contribution in [1.29, 1.82) is 0 Å². The first kappa shape index (κ1) is 15.7. The predicted molar refractivity (Wildman–Crippen MR) is 87.1 cm³/mol. The van der Waals surface area contributed by atoms with Gasteiger partial charge in [0.25, 0.3) is 0 Å². The van der Waals surface area contributed by atoms with Crippen LogP contribution < -0.4 is 5.32 Å². The Kier molecular flexibility index (Phi) is 5.96. The largest absolute Gasteiger partial charge is 0.309 e. The van der Waals surface area contributed by atoms with Crippen molar-refractivity contribution >= 4 is 0 Å². The summed E-state index contributed by atoms with van der Waals surface area (Å²) in [6, 6.07) is 13.1. The molecule has 0 spiro atoms. The highest BCUT2D eigenvalue weighted by Gasteiger charge is 2.13. The van der Waals surface area contributed by atoms with Crippen molar-refractivity contribution < 1.29 is 0 Å². The third-order valence-corrected chi connectivity index (χ3v) is 3.69. The molecule has 21 heavy (non-hydrogen) atoms. The zero-order chi connectivity index (χ0) is 15.1. The van der Waals surface area contributed by atoms with E-state index in [9.17, 15) is 0 Å². The number of nitrogens with zero attached hydrogens (tertiary/aromatic N) is 3. The van der Waals surface area contributed by atoms with Crippen LogP contribution in [0.1, 0.15) is 30.6 Å². The minimum atomic E-state index is 0.383. The number of hydrogen-bond acceptors (Lipinski definition) is 3. The summed E-state index contributed by atoms with van der Waals surface area (Å²) in [5.74, 6) is 0. The molecule has 1 aromatic heterocycles. The maximum atomic E-state index is 4.36. The summed E-state index contributed by atoms with van der Waals surface area (Å²) in [5.41, 5.74) is 2.60. The van der Waals surface area contributed by atoms with E-state index in [1.54, 1.807) is 0 Å². The lowest BCUT2D eigenvalue weighted by Gasteiger charge is -2.25. The molecule has 2 rings (SSSR count). The second-order valence-electron chi connectivity index (χ2n) is 5.57. The second-order valence-corrected chi connectivity index (χ2v) is 5.57. The van der Waals surface area contributed by atoms with Gasteiger partial charge in [0, 0.05) is 31.9 Å². The summed E-state index contributed by atoms with van der Waals surface area (Å²) in [5, 5.41) is 7.93. The lowest BCUT2D eigenvalue weighted by atomic mass is 10.1. The SMILES string of the molecule is CCCn1nccc1CNCC(c1ccccc1)N(C)C. The van der Waals surface area contributed by atoms with Crippen LogP contribution in [0.25, 0.3) is 0 Å². The van der Waals surface area contributed by atoms with E-state index in [-0.39, 0.29) is 0 Å². The molecule has 0 aliphatic carbocycles. The molecule has 4 nitrogen and oxygen atoms in total. The number of hydrogen-bond donors (Lipinski definition) is 1. The molecule has 0 radical (unpaired) electrons. The fourth-order valence-corrected chi connectivity index (χ4v) is 2.53. The van der Waals surface area contributed by atoms with E-state index in [0.717, 1.165) is 26.1 Å². The van der Waals surface area contributed by atoms with Gasteiger partial charge in [-0.05, 0) is 32.1 Å². The van der Waals surface area contributed by atoms with Crippen molar-refractivity contribution in [1.82, 2.24) is 20.0 Å². The smallest absolute Gasteiger partial charge is 0.0522 e. The van der Waals surface area contributed by atoms with Crippen LogP contribution in [-0.2, 0) is 13.1 Å². The number of likely N-dealkylation sites (N-methyl/N-ethyl adjacent to an activating group) is 1. The Morgan fingerprint density at radius 1 is 1.19 bits per heavy atom. The Bertz CT molecular complexity index is 519. The first-order valence-electron chi connectivity index (χ1n) is 7.65. The van der Waals surface area contributed by atoms with E-state index >= 15 is 0 Å². The zero-order valence-electron chi connectivity index (χ0n) is 13.3. The topological polar surface area (TPSA) is 33.1 Å². The Morgan fingerprint density at radius 2 is 1.95 bits per heavy atom. The molecule has 1 N–H and O–H groups in total. The van der Waals surface area contributed by atoms with Crippen LogP contribution >= 0.6 is 0 Å². The highest BCUT2D eigenvalue weighted by atomic mass is 15.3. The maximum absolute atomic E-state index is 4.36. The number of aromatic nitrogens is 2. The van der Waals surface area contributed by atoms with Crippen LogP contribution in [0, 0.1) is 0 Å². The Hall–Kier alpha value is -1.65. The average Bonchev–Trinajstić information content (AvgIpc) is 2.92. The molecule has 2 aromatic rings. The van der Waals surface area contributed by atoms with Crippen LogP contribution in [-0.4, -0.2) is 35.3 Å². The summed E-state index contributed by atoms with van der Waals surface area (Å²) in [7, 11) is 4.25. The van der Waals surface area contributed by atoms with Crippen molar-refractivity contribution in [2.45, 2.75) is 32.5 Å². The highest BCUT2D eigenvalue weighted by Crippen LogP contribution is 2.16. The molecule has 1 heterocycles. The molecule has 1 unspecified atom stereocenters. The third kappa shape index (κ3) is 4.41. The number of nitrogens with one attached hydrogen (secondary N) is 1. The Labute approximate surface area is 127 Å². The van der Waals surface area contributed by atoms with Gasteiger partial charge in [-0.25, -0.2) is 0 Å². The van der Waals surface area contributed by atoms with Crippen molar-refractivity contribution in [2.75, 3.05) is 20.6 Å². The van der Waals surface area contributed by atoms with Gasteiger partial charge >= 0.3 is 0 Å². The molecule has 1 aromatic carbocycles. The van der Waals surface area contributed by atoms with Crippen molar-refractivity contribution in [3.05, 3.63) is 53.9 Å². The fraction of sp³-hybridized carbons (Fsp3) is 0.471. The summed E-state index contributed by atoms with van der Waals surface area (Å²) in [6.45, 7) is 4.95. The van der Waals surface area contributed by atoms with Crippen molar-refractivity contribution in [2.24, 2.45) is 0 Å². The summed E-state index contributed by atoms with van der Waals surface area (Å²) < 4.78 is 2.08. The molecule has 4 heteroatoms. The number of aryl methyl sites for hydroxylation is 1. The third-order valence-electron chi connectivity index (χ3n) is 3.69. The van der Waals surface area contributed by atoms with E-state index in [1.165, 1.54) is 11.3 Å². The normalized spacial score (nSPS) is 12.8. The Morgan fingerprint density at radius 3 is 2.62 bits per heavy atom. The van der Waals surface area contributed by atoms with E-state index in [0.29, 0.717) is 6.04 Å². The van der Waals surface area contributed by atoms with Gasteiger partial charge in [-0.2, -0.15) is 5.10 Å². The summed E-state index contributed by atoms with van der Waals surface area (Å²) in [6.07, 6.45) is 2.99. The van der Waals surface area contributed by atoms with Gasteiger partial charge in [0.2, 0.25) is 0 Å². The molecule has 1 atom stereocenters. The summed E-state index contributed by atoms with van der Waals surface area (Å²) in [4.78, 5) is 2.26. The molecule has 0 aliphatic rings. The van der Waals surface area contributed by atoms with Gasteiger partial charge in [-0.1, -0.05) is 37.3 Å². The lowest BCUT2D eigenvalue weighted by molar-refractivity contribution is 0.287. The molecule has 0 aliphatic heterocycles. The van der Waals surface area contributed by atoms with E-state index in [2.05, 4.69) is 77.4 Å². The van der Waals surface area contributed by atoms with E-state index in [1.807, 2.05) is 6.20 Å². The standard InChI is InChI=1S/C17H26N4/c1-4-12-21-16(10-11-19-21)13-18-14-17(20(2)3)15-8-6-5-7-9-15/h5-11,17-18H,4,12-14H2,1-3H3. The second kappa shape index (κ2) is 7.96. The molecule has 0 amide bonds. The van der Waals surface area contributed by atoms with Gasteiger partial charge in [0.05, 0.1) is 5.69 Å². The van der Waals surface area contributed by atoms with Crippen LogP contribution in [0.15, 0.2) is 42.6 Å². The predicted octanol–water partition coefficient (Wildman–Crippen LogP) is 2.69. The average molecular weight is 286 g/mol. The van der Waals surface area contributed by atoms with Gasteiger partial charge in [-0.15, -0.1) is 0 Å². The van der Waals surface area contributed by atoms with Gasteiger partial charge in [0.1, 0.15) is 0 Å².